The number of aromatic amines is 1. The highest BCUT2D eigenvalue weighted by Crippen LogP contribution is 2.28. The van der Waals surface area contributed by atoms with Gasteiger partial charge in [0.2, 0.25) is 0 Å². The van der Waals surface area contributed by atoms with Crippen LogP contribution >= 0.6 is 0 Å². The van der Waals surface area contributed by atoms with Gasteiger partial charge in [0, 0.05) is 20.2 Å². The summed E-state index contributed by atoms with van der Waals surface area (Å²) >= 11 is 0. The highest BCUT2D eigenvalue weighted by molar-refractivity contribution is 5.88. The first-order valence-electron chi connectivity index (χ1n) is 6.73. The van der Waals surface area contributed by atoms with Crippen LogP contribution in [0.2, 0.25) is 0 Å². The lowest BCUT2D eigenvalue weighted by Gasteiger charge is -2.16. The van der Waals surface area contributed by atoms with Crippen LogP contribution in [0.15, 0.2) is 24.5 Å². The zero-order valence-corrected chi connectivity index (χ0v) is 11.9. The second-order valence-electron chi connectivity index (χ2n) is 4.97. The fraction of sp³-hybridized carbons (Fsp3) is 0.385. The van der Waals surface area contributed by atoms with E-state index in [1.165, 1.54) is 12.1 Å². The molecule has 0 unspecified atom stereocenters. The number of likely N-dealkylation sites (tertiary alicyclic amines) is 1. The molecule has 0 aliphatic carbocycles. The smallest absolute Gasteiger partial charge is 0.323 e. The first kappa shape index (κ1) is 14.4. The first-order chi connectivity index (χ1) is 10.7. The Morgan fingerprint density at radius 1 is 1.45 bits per heavy atom. The Morgan fingerprint density at radius 2 is 2.32 bits per heavy atom. The molecule has 1 aliphatic heterocycles. The predicted molar refractivity (Wildman–Crippen MR) is 74.7 cm³/mol. The third-order valence-electron chi connectivity index (χ3n) is 3.63. The van der Waals surface area contributed by atoms with Crippen molar-refractivity contribution in [2.45, 2.75) is 12.0 Å². The van der Waals surface area contributed by atoms with Gasteiger partial charge in [0.05, 0.1) is 30.1 Å². The largest absolute Gasteiger partial charge is 0.379 e. The number of urea groups is 1. The van der Waals surface area contributed by atoms with E-state index in [-0.39, 0.29) is 18.1 Å². The van der Waals surface area contributed by atoms with Gasteiger partial charge in [-0.25, -0.2) is 14.2 Å². The summed E-state index contributed by atoms with van der Waals surface area (Å²) in [5, 5.41) is 13.0. The minimum Gasteiger partial charge on any atom is -0.379 e. The standard InChI is InChI=1S/C13H15FN6O2/c1-22-11-7-20(6-9(11)10-5-16-19-18-10)13(21)17-12-3-2-8(14)4-15-12/h2-5,9,11H,6-7H2,1H3,(H,15,17,21)(H,16,18,19)/t9-,11+/m0/s1. The average molecular weight is 306 g/mol. The highest BCUT2D eigenvalue weighted by atomic mass is 19.1. The van der Waals surface area contributed by atoms with Crippen LogP contribution in [0.4, 0.5) is 15.0 Å². The maximum atomic E-state index is 12.8. The average Bonchev–Trinajstić information content (AvgIpc) is 3.17. The van der Waals surface area contributed by atoms with Crippen LogP contribution in [0.3, 0.4) is 0 Å². The molecule has 9 heteroatoms. The number of hydrogen-bond donors (Lipinski definition) is 2. The Balaban J connectivity index is 1.67. The molecule has 2 aromatic rings. The van der Waals surface area contributed by atoms with Crippen LogP contribution in [0.5, 0.6) is 0 Å². The molecule has 0 aromatic carbocycles. The molecule has 22 heavy (non-hydrogen) atoms. The van der Waals surface area contributed by atoms with Crippen LogP contribution in [0, 0.1) is 5.82 Å². The second kappa shape index (κ2) is 6.06. The summed E-state index contributed by atoms with van der Waals surface area (Å²) in [5.41, 5.74) is 0.752. The molecule has 1 aliphatic rings. The summed E-state index contributed by atoms with van der Waals surface area (Å²) in [5.74, 6) is -0.203. The van der Waals surface area contributed by atoms with Crippen LogP contribution in [-0.2, 0) is 4.74 Å². The van der Waals surface area contributed by atoms with Crippen molar-refractivity contribution in [2.75, 3.05) is 25.5 Å². The number of halogens is 1. The third kappa shape index (κ3) is 2.89. The fourth-order valence-electron chi connectivity index (χ4n) is 2.49. The second-order valence-corrected chi connectivity index (χ2v) is 4.97. The molecular formula is C13H15FN6O2. The molecule has 3 heterocycles. The molecule has 116 valence electrons. The Kier molecular flexibility index (Phi) is 3.96. The van der Waals surface area contributed by atoms with E-state index < -0.39 is 5.82 Å². The van der Waals surface area contributed by atoms with Crippen molar-refractivity contribution in [2.24, 2.45) is 0 Å². The van der Waals surface area contributed by atoms with Gasteiger partial charge < -0.3 is 9.64 Å². The number of methoxy groups -OCH3 is 1. The van der Waals surface area contributed by atoms with Gasteiger partial charge in [-0.2, -0.15) is 15.4 Å². The number of nitrogens with one attached hydrogen (secondary N) is 2. The van der Waals surface area contributed by atoms with Gasteiger partial charge in [-0.15, -0.1) is 0 Å². The minimum absolute atomic E-state index is 0.0457. The monoisotopic (exact) mass is 306 g/mol. The molecule has 0 radical (unpaired) electrons. The van der Waals surface area contributed by atoms with E-state index in [1.54, 1.807) is 18.2 Å². The molecule has 1 saturated heterocycles. The minimum atomic E-state index is -0.454. The van der Waals surface area contributed by atoms with Crippen molar-refractivity contribution >= 4 is 11.8 Å². The number of anilines is 1. The Labute approximate surface area is 125 Å². The van der Waals surface area contributed by atoms with E-state index in [2.05, 4.69) is 25.7 Å². The summed E-state index contributed by atoms with van der Waals surface area (Å²) in [6.45, 7) is 0.888. The molecule has 0 spiro atoms. The van der Waals surface area contributed by atoms with Gasteiger partial charge in [0.15, 0.2) is 0 Å². The number of H-pyrrole nitrogens is 1. The predicted octanol–water partition coefficient (Wildman–Crippen LogP) is 0.985. The molecule has 0 saturated carbocycles. The number of rotatable bonds is 3. The van der Waals surface area contributed by atoms with Crippen molar-refractivity contribution < 1.29 is 13.9 Å². The van der Waals surface area contributed by atoms with Crippen molar-refractivity contribution in [1.82, 2.24) is 25.3 Å². The van der Waals surface area contributed by atoms with Crippen LogP contribution in [0.1, 0.15) is 11.6 Å². The lowest BCUT2D eigenvalue weighted by molar-refractivity contribution is 0.0987. The Bertz CT molecular complexity index is 632. The topological polar surface area (TPSA) is 96.0 Å². The van der Waals surface area contributed by atoms with E-state index in [4.69, 9.17) is 4.74 Å². The number of pyridine rings is 1. The molecule has 0 bridgehead atoms. The van der Waals surface area contributed by atoms with Gasteiger partial charge in [0.25, 0.3) is 0 Å². The summed E-state index contributed by atoms with van der Waals surface area (Å²) in [6.07, 6.45) is 2.52. The molecule has 2 amide bonds. The first-order valence-corrected chi connectivity index (χ1v) is 6.73. The van der Waals surface area contributed by atoms with E-state index >= 15 is 0 Å². The number of aromatic nitrogens is 4. The van der Waals surface area contributed by atoms with E-state index in [1.807, 2.05) is 0 Å². The van der Waals surface area contributed by atoms with Gasteiger partial charge in [-0.3, -0.25) is 5.32 Å². The van der Waals surface area contributed by atoms with Crippen molar-refractivity contribution in [1.29, 1.82) is 0 Å². The van der Waals surface area contributed by atoms with E-state index in [9.17, 15) is 9.18 Å². The molecule has 8 nitrogen and oxygen atoms in total. The number of amides is 2. The Hall–Kier alpha value is -2.55. The van der Waals surface area contributed by atoms with Gasteiger partial charge in [0.1, 0.15) is 11.6 Å². The number of ether oxygens (including phenoxy) is 1. The van der Waals surface area contributed by atoms with E-state index in [0.29, 0.717) is 18.9 Å². The van der Waals surface area contributed by atoms with Crippen LogP contribution < -0.4 is 5.32 Å². The van der Waals surface area contributed by atoms with Crippen molar-refractivity contribution in [3.63, 3.8) is 0 Å². The summed E-state index contributed by atoms with van der Waals surface area (Å²) in [6, 6.07) is 2.33. The molecular weight excluding hydrogens is 291 g/mol. The number of hydrogen-bond acceptors (Lipinski definition) is 5. The van der Waals surface area contributed by atoms with Crippen LogP contribution in [0.25, 0.3) is 0 Å². The van der Waals surface area contributed by atoms with E-state index in [0.717, 1.165) is 11.9 Å². The van der Waals surface area contributed by atoms with Gasteiger partial charge in [-0.05, 0) is 12.1 Å². The number of carbonyl (C=O) groups is 1. The normalized spacial score (nSPS) is 21.1. The quantitative estimate of drug-likeness (QED) is 0.881. The molecule has 2 atom stereocenters. The molecule has 3 rings (SSSR count). The Morgan fingerprint density at radius 3 is 2.95 bits per heavy atom. The van der Waals surface area contributed by atoms with Gasteiger partial charge in [-0.1, -0.05) is 0 Å². The van der Waals surface area contributed by atoms with Gasteiger partial charge >= 0.3 is 6.03 Å². The third-order valence-corrected chi connectivity index (χ3v) is 3.63. The maximum absolute atomic E-state index is 12.8. The zero-order valence-electron chi connectivity index (χ0n) is 11.9. The van der Waals surface area contributed by atoms with Crippen molar-refractivity contribution in [3.05, 3.63) is 36.0 Å². The summed E-state index contributed by atoms with van der Waals surface area (Å²) in [4.78, 5) is 17.7. The maximum Gasteiger partial charge on any atom is 0.323 e. The SMILES string of the molecule is CO[C@@H]1CN(C(=O)Nc2ccc(F)cn2)C[C@H]1c1cn[nH]n1. The summed E-state index contributed by atoms with van der Waals surface area (Å²) < 4.78 is 18.2. The number of carbonyl (C=O) groups excluding carboxylic acids is 1. The lowest BCUT2D eigenvalue weighted by atomic mass is 10.0. The zero-order chi connectivity index (χ0) is 15.5. The summed E-state index contributed by atoms with van der Waals surface area (Å²) in [7, 11) is 1.60. The highest BCUT2D eigenvalue weighted by Gasteiger charge is 2.37. The molecule has 1 fully saturated rings. The number of nitrogens with zero attached hydrogens (tertiary/aromatic N) is 4. The van der Waals surface area contributed by atoms with Crippen molar-refractivity contribution in [3.8, 4) is 0 Å². The molecule has 2 aromatic heterocycles. The molecule has 2 N–H and O–H groups in total. The van der Waals surface area contributed by atoms with Crippen LogP contribution in [-0.4, -0.2) is 57.6 Å². The lowest BCUT2D eigenvalue weighted by Crippen LogP contribution is -2.34. The fourth-order valence-corrected chi connectivity index (χ4v) is 2.49.